The van der Waals surface area contributed by atoms with Crippen molar-refractivity contribution in [3.63, 3.8) is 0 Å². The van der Waals surface area contributed by atoms with Crippen molar-refractivity contribution in [1.82, 2.24) is 9.88 Å². The highest BCUT2D eigenvalue weighted by Gasteiger charge is 2.11. The standard InChI is InChI=1S/C17H23N3S/c1-13(2)11-20(10-8-16(18)21)12-15-6-3-5-14-7-4-9-19-17(14)15/h3-7,9,13H,8,10-12H2,1-2H3,(H2,18,21). The molecule has 0 saturated heterocycles. The van der Waals surface area contributed by atoms with E-state index in [1.807, 2.05) is 12.3 Å². The first-order valence-corrected chi connectivity index (χ1v) is 7.80. The molecule has 0 bridgehead atoms. The van der Waals surface area contributed by atoms with Crippen molar-refractivity contribution >= 4 is 28.1 Å². The third-order valence-corrected chi connectivity index (χ3v) is 3.61. The second-order valence-corrected chi connectivity index (χ2v) is 6.36. The lowest BCUT2D eigenvalue weighted by Gasteiger charge is -2.24. The molecule has 2 N–H and O–H groups in total. The zero-order valence-corrected chi connectivity index (χ0v) is 13.6. The Hall–Kier alpha value is -1.52. The Labute approximate surface area is 132 Å². The van der Waals surface area contributed by atoms with E-state index in [4.69, 9.17) is 18.0 Å². The highest BCUT2D eigenvalue weighted by molar-refractivity contribution is 7.80. The summed E-state index contributed by atoms with van der Waals surface area (Å²) in [4.78, 5) is 7.52. The predicted molar refractivity (Wildman–Crippen MR) is 93.3 cm³/mol. The van der Waals surface area contributed by atoms with Crippen LogP contribution in [0.2, 0.25) is 0 Å². The van der Waals surface area contributed by atoms with E-state index in [9.17, 15) is 0 Å². The third-order valence-electron chi connectivity index (χ3n) is 3.41. The van der Waals surface area contributed by atoms with Crippen LogP contribution in [0.4, 0.5) is 0 Å². The molecule has 0 saturated carbocycles. The van der Waals surface area contributed by atoms with Crippen molar-refractivity contribution in [2.24, 2.45) is 11.7 Å². The van der Waals surface area contributed by atoms with Gasteiger partial charge in [-0.1, -0.05) is 50.3 Å². The Kier molecular flexibility index (Phi) is 5.65. The number of hydrogen-bond acceptors (Lipinski definition) is 3. The molecule has 1 aromatic heterocycles. The van der Waals surface area contributed by atoms with Crippen LogP contribution in [-0.2, 0) is 6.54 Å². The van der Waals surface area contributed by atoms with Crippen molar-refractivity contribution in [2.45, 2.75) is 26.8 Å². The quantitative estimate of drug-likeness (QED) is 0.796. The lowest BCUT2D eigenvalue weighted by Crippen LogP contribution is -2.30. The van der Waals surface area contributed by atoms with E-state index in [1.165, 1.54) is 10.9 Å². The van der Waals surface area contributed by atoms with Crippen LogP contribution in [0.1, 0.15) is 25.8 Å². The van der Waals surface area contributed by atoms with Gasteiger partial charge in [0.25, 0.3) is 0 Å². The van der Waals surface area contributed by atoms with E-state index in [-0.39, 0.29) is 0 Å². The van der Waals surface area contributed by atoms with Gasteiger partial charge in [-0.15, -0.1) is 0 Å². The van der Waals surface area contributed by atoms with E-state index in [0.717, 1.165) is 31.6 Å². The summed E-state index contributed by atoms with van der Waals surface area (Å²) < 4.78 is 0. The van der Waals surface area contributed by atoms with Gasteiger partial charge in [0, 0.05) is 37.6 Å². The van der Waals surface area contributed by atoms with Crippen LogP contribution in [0.15, 0.2) is 36.5 Å². The molecule has 0 aliphatic heterocycles. The summed E-state index contributed by atoms with van der Waals surface area (Å²) in [5.74, 6) is 0.610. The molecule has 0 atom stereocenters. The van der Waals surface area contributed by atoms with Crippen molar-refractivity contribution in [3.8, 4) is 0 Å². The normalized spacial score (nSPS) is 11.4. The molecule has 0 spiro atoms. The molecular weight excluding hydrogens is 278 g/mol. The number of nitrogens with two attached hydrogens (primary N) is 1. The van der Waals surface area contributed by atoms with Gasteiger partial charge in [0.05, 0.1) is 10.5 Å². The summed E-state index contributed by atoms with van der Waals surface area (Å²) >= 11 is 5.01. The van der Waals surface area contributed by atoms with Crippen molar-refractivity contribution < 1.29 is 0 Å². The predicted octanol–water partition coefficient (Wildman–Crippen LogP) is 3.37. The van der Waals surface area contributed by atoms with Gasteiger partial charge in [0.1, 0.15) is 0 Å². The van der Waals surface area contributed by atoms with Crippen molar-refractivity contribution in [1.29, 1.82) is 0 Å². The maximum absolute atomic E-state index is 5.65. The topological polar surface area (TPSA) is 42.1 Å². The summed E-state index contributed by atoms with van der Waals surface area (Å²) in [6.07, 6.45) is 2.62. The molecule has 0 fully saturated rings. The van der Waals surface area contributed by atoms with Crippen LogP contribution in [0.3, 0.4) is 0 Å². The van der Waals surface area contributed by atoms with Gasteiger partial charge >= 0.3 is 0 Å². The SMILES string of the molecule is CC(C)CN(CCC(N)=S)Cc1cccc2cccnc12. The maximum Gasteiger partial charge on any atom is 0.0746 e. The minimum absolute atomic E-state index is 0.583. The molecule has 112 valence electrons. The Bertz CT molecular complexity index is 605. The number of para-hydroxylation sites is 1. The van der Waals surface area contributed by atoms with Gasteiger partial charge < -0.3 is 5.73 Å². The van der Waals surface area contributed by atoms with Crippen molar-refractivity contribution in [2.75, 3.05) is 13.1 Å². The lowest BCUT2D eigenvalue weighted by atomic mass is 10.1. The molecule has 0 radical (unpaired) electrons. The van der Waals surface area contributed by atoms with E-state index in [0.29, 0.717) is 10.9 Å². The molecule has 2 rings (SSSR count). The molecule has 21 heavy (non-hydrogen) atoms. The Morgan fingerprint density at radius 2 is 2.05 bits per heavy atom. The molecule has 0 aliphatic rings. The molecular formula is C17H23N3S. The molecule has 4 heteroatoms. The van der Waals surface area contributed by atoms with Crippen LogP contribution >= 0.6 is 12.2 Å². The fourth-order valence-corrected chi connectivity index (χ4v) is 2.65. The smallest absolute Gasteiger partial charge is 0.0746 e. The summed E-state index contributed by atoms with van der Waals surface area (Å²) in [5, 5.41) is 1.19. The summed E-state index contributed by atoms with van der Waals surface area (Å²) in [5.41, 5.74) is 8.00. The maximum atomic E-state index is 5.65. The molecule has 0 aliphatic carbocycles. The zero-order valence-electron chi connectivity index (χ0n) is 12.7. The summed E-state index contributed by atoms with van der Waals surface area (Å²) in [6, 6.07) is 10.4. The Morgan fingerprint density at radius 3 is 2.76 bits per heavy atom. The highest BCUT2D eigenvalue weighted by atomic mass is 32.1. The fourth-order valence-electron chi connectivity index (χ4n) is 2.56. The number of nitrogens with zero attached hydrogens (tertiary/aromatic N) is 2. The highest BCUT2D eigenvalue weighted by Crippen LogP contribution is 2.18. The Balaban J connectivity index is 2.19. The monoisotopic (exact) mass is 301 g/mol. The number of fused-ring (bicyclic) bond motifs is 1. The fraction of sp³-hybridized carbons (Fsp3) is 0.412. The van der Waals surface area contributed by atoms with Crippen LogP contribution in [0, 0.1) is 5.92 Å². The minimum atomic E-state index is 0.583. The number of aromatic nitrogens is 1. The number of benzene rings is 1. The second kappa shape index (κ2) is 7.48. The first-order valence-electron chi connectivity index (χ1n) is 7.39. The number of pyridine rings is 1. The van der Waals surface area contributed by atoms with Gasteiger partial charge in [-0.3, -0.25) is 9.88 Å². The summed E-state index contributed by atoms with van der Waals surface area (Å²) in [6.45, 7) is 7.28. The van der Waals surface area contributed by atoms with Gasteiger partial charge in [-0.05, 0) is 17.5 Å². The minimum Gasteiger partial charge on any atom is -0.393 e. The number of hydrogen-bond donors (Lipinski definition) is 1. The van der Waals surface area contributed by atoms with Gasteiger partial charge in [-0.2, -0.15) is 0 Å². The van der Waals surface area contributed by atoms with Crippen molar-refractivity contribution in [3.05, 3.63) is 42.1 Å². The van der Waals surface area contributed by atoms with E-state index >= 15 is 0 Å². The Morgan fingerprint density at radius 1 is 1.29 bits per heavy atom. The molecule has 1 heterocycles. The van der Waals surface area contributed by atoms with Crippen LogP contribution in [0.25, 0.3) is 10.9 Å². The van der Waals surface area contributed by atoms with E-state index in [1.54, 1.807) is 0 Å². The van der Waals surface area contributed by atoms with E-state index < -0.39 is 0 Å². The molecule has 1 aromatic carbocycles. The molecule has 0 unspecified atom stereocenters. The third kappa shape index (κ3) is 4.76. The number of rotatable bonds is 7. The van der Waals surface area contributed by atoms with Gasteiger partial charge in [0.15, 0.2) is 0 Å². The molecule has 3 nitrogen and oxygen atoms in total. The van der Waals surface area contributed by atoms with Crippen LogP contribution in [0.5, 0.6) is 0 Å². The largest absolute Gasteiger partial charge is 0.393 e. The first-order chi connectivity index (χ1) is 10.1. The van der Waals surface area contributed by atoms with Crippen LogP contribution < -0.4 is 5.73 Å². The lowest BCUT2D eigenvalue weighted by molar-refractivity contribution is 0.243. The molecule has 2 aromatic rings. The second-order valence-electron chi connectivity index (χ2n) is 5.84. The van der Waals surface area contributed by atoms with Crippen LogP contribution in [-0.4, -0.2) is 28.0 Å². The van der Waals surface area contributed by atoms with Gasteiger partial charge in [-0.25, -0.2) is 0 Å². The van der Waals surface area contributed by atoms with Gasteiger partial charge in [0.2, 0.25) is 0 Å². The number of thiocarbonyl (C=S) groups is 1. The summed E-state index contributed by atoms with van der Waals surface area (Å²) in [7, 11) is 0. The average Bonchev–Trinajstić information content (AvgIpc) is 2.44. The average molecular weight is 301 g/mol. The zero-order chi connectivity index (χ0) is 15.2. The first kappa shape index (κ1) is 15.9. The molecule has 0 amide bonds. The van der Waals surface area contributed by atoms with E-state index in [2.05, 4.69) is 48.0 Å².